The molecule has 1 aliphatic rings. The number of fused-ring (bicyclic) bond motifs is 1. The molecule has 1 aliphatic heterocycles. The molecule has 0 atom stereocenters. The Balaban J connectivity index is 2.14. The Bertz CT molecular complexity index is 746. The highest BCUT2D eigenvalue weighted by Gasteiger charge is 2.27. The number of hydrogen-bond acceptors (Lipinski definition) is 4. The molecule has 0 bridgehead atoms. The fourth-order valence-corrected chi connectivity index (χ4v) is 5.43. The molecule has 0 radical (unpaired) electrons. The van der Waals surface area contributed by atoms with Crippen molar-refractivity contribution in [2.24, 2.45) is 0 Å². The smallest absolute Gasteiger partial charge is 0.241 e. The quantitative estimate of drug-likeness (QED) is 0.634. The number of sulfonamides is 1. The molecule has 0 fully saturated rings. The van der Waals surface area contributed by atoms with Crippen molar-refractivity contribution in [3.05, 3.63) is 22.2 Å². The normalized spacial score (nSPS) is 14.1. The fourth-order valence-electron chi connectivity index (χ4n) is 3.30. The molecule has 8 heteroatoms. The summed E-state index contributed by atoms with van der Waals surface area (Å²) in [6.45, 7) is 9.31. The lowest BCUT2D eigenvalue weighted by molar-refractivity contribution is -0.116. The van der Waals surface area contributed by atoms with E-state index in [0.717, 1.165) is 37.9 Å². The van der Waals surface area contributed by atoms with Gasteiger partial charge in [0.05, 0.1) is 4.90 Å². The first-order valence-corrected chi connectivity index (χ1v) is 11.4. The first kappa shape index (κ1) is 21.3. The zero-order valence-electron chi connectivity index (χ0n) is 15.7. The number of halogens is 1. The lowest BCUT2D eigenvalue weighted by atomic mass is 10.2. The largest absolute Gasteiger partial charge is 0.312 e. The Morgan fingerprint density at radius 1 is 1.23 bits per heavy atom. The van der Waals surface area contributed by atoms with Gasteiger partial charge in [0.1, 0.15) is 0 Å². The van der Waals surface area contributed by atoms with Crippen molar-refractivity contribution >= 4 is 37.5 Å². The lowest BCUT2D eigenvalue weighted by Crippen LogP contribution is -2.36. The zero-order valence-corrected chi connectivity index (χ0v) is 18.1. The van der Waals surface area contributed by atoms with Crippen LogP contribution in [0.15, 0.2) is 21.5 Å². The summed E-state index contributed by atoms with van der Waals surface area (Å²) in [5.74, 6) is -0.0721. The third-order valence-corrected chi connectivity index (χ3v) is 6.92. The first-order valence-electron chi connectivity index (χ1n) is 9.12. The molecule has 0 unspecified atom stereocenters. The Morgan fingerprint density at radius 3 is 2.46 bits per heavy atom. The standard InChI is InChI=1S/C18H28BrN3O3S/c1-4-8-21(9-5-2)11-7-20-26(24,25)18-13-17-15(12-16(18)19)6-10-22(17)14(3)23/h12-13,20H,4-11H2,1-3H3. The van der Waals surface area contributed by atoms with Crippen molar-refractivity contribution in [3.63, 3.8) is 0 Å². The summed E-state index contributed by atoms with van der Waals surface area (Å²) in [6, 6.07) is 3.42. The second-order valence-electron chi connectivity index (χ2n) is 6.57. The van der Waals surface area contributed by atoms with Gasteiger partial charge < -0.3 is 9.80 Å². The number of benzene rings is 1. The third kappa shape index (κ3) is 5.06. The van der Waals surface area contributed by atoms with E-state index in [1.807, 2.05) is 6.07 Å². The van der Waals surface area contributed by atoms with E-state index in [1.165, 1.54) is 6.92 Å². The lowest BCUT2D eigenvalue weighted by Gasteiger charge is -2.21. The molecule has 26 heavy (non-hydrogen) atoms. The number of amides is 1. The molecule has 0 spiro atoms. The Hall–Kier alpha value is -0.960. The van der Waals surface area contributed by atoms with Gasteiger partial charge in [-0.1, -0.05) is 13.8 Å². The Labute approximate surface area is 165 Å². The van der Waals surface area contributed by atoms with Crippen LogP contribution in [0.5, 0.6) is 0 Å². The van der Waals surface area contributed by atoms with E-state index in [-0.39, 0.29) is 10.8 Å². The van der Waals surface area contributed by atoms with Gasteiger partial charge >= 0.3 is 0 Å². The van der Waals surface area contributed by atoms with Gasteiger partial charge in [0.25, 0.3) is 0 Å². The maximum absolute atomic E-state index is 12.8. The maximum atomic E-state index is 12.8. The number of nitrogens with zero attached hydrogens (tertiary/aromatic N) is 2. The minimum atomic E-state index is -3.65. The number of hydrogen-bond donors (Lipinski definition) is 1. The number of carbonyl (C=O) groups is 1. The predicted molar refractivity (Wildman–Crippen MR) is 108 cm³/mol. The summed E-state index contributed by atoms with van der Waals surface area (Å²) in [6.07, 6.45) is 2.83. The van der Waals surface area contributed by atoms with Gasteiger partial charge in [-0.05, 0) is 66.0 Å². The monoisotopic (exact) mass is 445 g/mol. The van der Waals surface area contributed by atoms with Crippen LogP contribution >= 0.6 is 15.9 Å². The molecule has 2 rings (SSSR count). The van der Waals surface area contributed by atoms with Crippen LogP contribution in [-0.4, -0.2) is 51.9 Å². The van der Waals surface area contributed by atoms with E-state index in [1.54, 1.807) is 11.0 Å². The number of carbonyl (C=O) groups excluding carboxylic acids is 1. The molecule has 1 aromatic rings. The fraction of sp³-hybridized carbons (Fsp3) is 0.611. The van der Waals surface area contributed by atoms with Gasteiger partial charge in [-0.2, -0.15) is 0 Å². The highest BCUT2D eigenvalue weighted by atomic mass is 79.9. The van der Waals surface area contributed by atoms with Crippen molar-refractivity contribution in [2.75, 3.05) is 37.6 Å². The summed E-state index contributed by atoms with van der Waals surface area (Å²) in [5, 5.41) is 0. The molecule has 0 aliphatic carbocycles. The Morgan fingerprint density at radius 2 is 1.88 bits per heavy atom. The molecule has 1 N–H and O–H groups in total. The van der Waals surface area contributed by atoms with Crippen LogP contribution in [0.3, 0.4) is 0 Å². The number of rotatable bonds is 9. The molecule has 1 aromatic carbocycles. The van der Waals surface area contributed by atoms with Crippen molar-refractivity contribution in [1.82, 2.24) is 9.62 Å². The highest BCUT2D eigenvalue weighted by molar-refractivity contribution is 9.10. The van der Waals surface area contributed by atoms with E-state index in [4.69, 9.17) is 0 Å². The molecule has 1 heterocycles. The van der Waals surface area contributed by atoms with Gasteiger partial charge in [0, 0.05) is 36.7 Å². The van der Waals surface area contributed by atoms with Crippen molar-refractivity contribution < 1.29 is 13.2 Å². The van der Waals surface area contributed by atoms with Crippen LogP contribution in [0.2, 0.25) is 0 Å². The predicted octanol–water partition coefficient (Wildman–Crippen LogP) is 2.76. The molecule has 146 valence electrons. The van der Waals surface area contributed by atoms with Crippen LogP contribution in [0.1, 0.15) is 39.2 Å². The van der Waals surface area contributed by atoms with Gasteiger partial charge in [0.15, 0.2) is 0 Å². The van der Waals surface area contributed by atoms with Crippen LogP contribution in [0, 0.1) is 0 Å². The van der Waals surface area contributed by atoms with E-state index >= 15 is 0 Å². The van der Waals surface area contributed by atoms with E-state index in [9.17, 15) is 13.2 Å². The highest BCUT2D eigenvalue weighted by Crippen LogP contribution is 2.35. The van der Waals surface area contributed by atoms with Crippen molar-refractivity contribution in [1.29, 1.82) is 0 Å². The van der Waals surface area contributed by atoms with E-state index in [0.29, 0.717) is 29.8 Å². The van der Waals surface area contributed by atoms with Gasteiger partial charge in [0.2, 0.25) is 15.9 Å². The topological polar surface area (TPSA) is 69.7 Å². The van der Waals surface area contributed by atoms with Gasteiger partial charge in [-0.3, -0.25) is 4.79 Å². The molecule has 0 aromatic heterocycles. The summed E-state index contributed by atoms with van der Waals surface area (Å²) >= 11 is 3.38. The third-order valence-electron chi connectivity index (χ3n) is 4.50. The zero-order chi connectivity index (χ0) is 19.3. The summed E-state index contributed by atoms with van der Waals surface area (Å²) in [5.41, 5.74) is 1.68. The first-order chi connectivity index (χ1) is 12.3. The molecular weight excluding hydrogens is 418 g/mol. The van der Waals surface area contributed by atoms with E-state index in [2.05, 4.69) is 39.4 Å². The minimum Gasteiger partial charge on any atom is -0.312 e. The van der Waals surface area contributed by atoms with Gasteiger partial charge in [-0.15, -0.1) is 0 Å². The second-order valence-corrected chi connectivity index (χ2v) is 9.16. The second kappa shape index (κ2) is 9.30. The number of anilines is 1. The Kier molecular flexibility index (Phi) is 7.63. The number of nitrogens with one attached hydrogen (secondary N) is 1. The van der Waals surface area contributed by atoms with Crippen LogP contribution in [0.4, 0.5) is 5.69 Å². The SMILES string of the molecule is CCCN(CCC)CCNS(=O)(=O)c1cc2c(cc1Br)CCN2C(C)=O. The van der Waals surface area contributed by atoms with Gasteiger partial charge in [-0.25, -0.2) is 13.1 Å². The maximum Gasteiger partial charge on any atom is 0.241 e. The summed E-state index contributed by atoms with van der Waals surface area (Å²) < 4.78 is 28.8. The van der Waals surface area contributed by atoms with Crippen molar-refractivity contribution in [3.8, 4) is 0 Å². The van der Waals surface area contributed by atoms with Crippen LogP contribution < -0.4 is 9.62 Å². The molecule has 0 saturated carbocycles. The average Bonchev–Trinajstić information content (AvgIpc) is 2.97. The van der Waals surface area contributed by atoms with Crippen LogP contribution in [0.25, 0.3) is 0 Å². The molecule has 0 saturated heterocycles. The molecule has 1 amide bonds. The minimum absolute atomic E-state index is 0.0721. The molecular formula is C18H28BrN3O3S. The molecule has 6 nitrogen and oxygen atoms in total. The van der Waals surface area contributed by atoms with Crippen LogP contribution in [-0.2, 0) is 21.2 Å². The summed E-state index contributed by atoms with van der Waals surface area (Å²) in [4.78, 5) is 15.8. The average molecular weight is 446 g/mol. The summed E-state index contributed by atoms with van der Waals surface area (Å²) in [7, 11) is -3.65. The van der Waals surface area contributed by atoms with E-state index < -0.39 is 10.0 Å². The van der Waals surface area contributed by atoms with Crippen molar-refractivity contribution in [2.45, 2.75) is 44.9 Å².